The number of nitrogens with zero attached hydrogens (tertiary/aromatic N) is 4. The summed E-state index contributed by atoms with van der Waals surface area (Å²) < 4.78 is 19.4. The third-order valence-electron chi connectivity index (χ3n) is 4.88. The molecule has 2 aliphatic rings. The van der Waals surface area contributed by atoms with Crippen LogP contribution in [-0.4, -0.2) is 54.2 Å². The van der Waals surface area contributed by atoms with Crippen molar-refractivity contribution >= 4 is 24.0 Å². The van der Waals surface area contributed by atoms with Gasteiger partial charge in [-0.25, -0.2) is 4.39 Å². The second kappa shape index (κ2) is 7.69. The average Bonchev–Trinajstić information content (AvgIpc) is 3.23. The number of nitrogens with one attached hydrogen (secondary N) is 1. The molecule has 0 spiro atoms. The summed E-state index contributed by atoms with van der Waals surface area (Å²) in [7, 11) is 2.03. The number of hydrogen-bond acceptors (Lipinski definition) is 6. The van der Waals surface area contributed by atoms with E-state index < -0.39 is 5.82 Å². The molecule has 26 heavy (non-hydrogen) atoms. The number of benzene rings is 1. The van der Waals surface area contributed by atoms with Crippen molar-refractivity contribution < 1.29 is 13.7 Å². The molecule has 0 saturated carbocycles. The smallest absolute Gasteiger partial charge is 0.232 e. The zero-order valence-corrected chi connectivity index (χ0v) is 15.2. The van der Waals surface area contributed by atoms with Crippen molar-refractivity contribution in [2.75, 3.05) is 38.1 Å². The number of para-hydroxylation sites is 1. The highest BCUT2D eigenvalue weighted by Gasteiger charge is 2.37. The largest absolute Gasteiger partial charge is 0.339 e. The summed E-state index contributed by atoms with van der Waals surface area (Å²) in [5, 5.41) is 7.42. The number of piperazine rings is 1. The Morgan fingerprint density at radius 2 is 2.15 bits per heavy atom. The molecule has 0 aliphatic carbocycles. The first-order chi connectivity index (χ1) is 12.1. The van der Waals surface area contributed by atoms with Gasteiger partial charge in [-0.3, -0.25) is 9.69 Å². The molecule has 1 aromatic carbocycles. The van der Waals surface area contributed by atoms with E-state index in [1.54, 1.807) is 18.2 Å². The van der Waals surface area contributed by atoms with Crippen LogP contribution >= 0.6 is 12.4 Å². The molecule has 2 fully saturated rings. The van der Waals surface area contributed by atoms with Crippen LogP contribution in [-0.2, 0) is 4.79 Å². The van der Waals surface area contributed by atoms with Crippen LogP contribution < -0.4 is 10.2 Å². The number of hydrogen-bond donors (Lipinski definition) is 1. The van der Waals surface area contributed by atoms with Crippen molar-refractivity contribution in [3.05, 3.63) is 41.8 Å². The highest BCUT2D eigenvalue weighted by Crippen LogP contribution is 2.32. The fraction of sp³-hybridized carbons (Fsp3) is 0.471. The minimum Gasteiger partial charge on any atom is -0.339 e. The molecule has 0 radical (unpaired) electrons. The normalized spacial score (nSPS) is 23.9. The van der Waals surface area contributed by atoms with Gasteiger partial charge in [0, 0.05) is 32.6 Å². The summed E-state index contributed by atoms with van der Waals surface area (Å²) in [6.45, 7) is 2.96. The molecule has 2 saturated heterocycles. The molecule has 3 heterocycles. The van der Waals surface area contributed by atoms with Crippen LogP contribution in [0.1, 0.15) is 30.1 Å². The number of carbonyl (C=O) groups excluding carboxylic acids is 1. The van der Waals surface area contributed by atoms with Gasteiger partial charge in [-0.15, -0.1) is 12.4 Å². The van der Waals surface area contributed by atoms with Crippen molar-refractivity contribution in [2.24, 2.45) is 0 Å². The monoisotopic (exact) mass is 381 g/mol. The van der Waals surface area contributed by atoms with E-state index in [0.717, 1.165) is 19.6 Å². The van der Waals surface area contributed by atoms with Crippen LogP contribution in [0.5, 0.6) is 0 Å². The molecule has 0 bridgehead atoms. The standard InChI is InChI=1S/C17H20FN5O2.ClH/c1-22-7-6-19-9-14(22)16-20-17(25-21-16)11-8-15(24)23(10-11)13-5-3-2-4-12(13)18;/h2-5,11,14,19H,6-10H2,1H3;1H. The van der Waals surface area contributed by atoms with Gasteiger partial charge in [0.05, 0.1) is 17.6 Å². The van der Waals surface area contributed by atoms with Crippen LogP contribution in [0.3, 0.4) is 0 Å². The van der Waals surface area contributed by atoms with Crippen LogP contribution in [0.2, 0.25) is 0 Å². The highest BCUT2D eigenvalue weighted by molar-refractivity contribution is 5.96. The highest BCUT2D eigenvalue weighted by atomic mass is 35.5. The summed E-state index contributed by atoms with van der Waals surface area (Å²) in [4.78, 5) is 20.5. The maximum Gasteiger partial charge on any atom is 0.232 e. The lowest BCUT2D eigenvalue weighted by Gasteiger charge is -2.30. The first-order valence-electron chi connectivity index (χ1n) is 8.43. The number of anilines is 1. The van der Waals surface area contributed by atoms with E-state index in [9.17, 15) is 9.18 Å². The van der Waals surface area contributed by atoms with Gasteiger partial charge in [-0.1, -0.05) is 17.3 Å². The predicted octanol–water partition coefficient (Wildman–Crippen LogP) is 1.73. The van der Waals surface area contributed by atoms with E-state index in [0.29, 0.717) is 23.9 Å². The minimum absolute atomic E-state index is 0. The van der Waals surface area contributed by atoms with Gasteiger partial charge < -0.3 is 14.7 Å². The van der Waals surface area contributed by atoms with Crippen LogP contribution in [0.4, 0.5) is 10.1 Å². The van der Waals surface area contributed by atoms with Gasteiger partial charge in [0.25, 0.3) is 0 Å². The van der Waals surface area contributed by atoms with Crippen LogP contribution in [0.25, 0.3) is 0 Å². The molecule has 4 rings (SSSR count). The molecule has 2 atom stereocenters. The summed E-state index contributed by atoms with van der Waals surface area (Å²) in [6.07, 6.45) is 0.245. The van der Waals surface area contributed by atoms with Gasteiger partial charge in [0.1, 0.15) is 5.82 Å². The van der Waals surface area contributed by atoms with Crippen LogP contribution in [0.15, 0.2) is 28.8 Å². The Hall–Kier alpha value is -2.03. The van der Waals surface area contributed by atoms with Crippen molar-refractivity contribution in [3.8, 4) is 0 Å². The fourth-order valence-corrected chi connectivity index (χ4v) is 3.42. The molecule has 140 valence electrons. The maximum atomic E-state index is 14.0. The van der Waals surface area contributed by atoms with E-state index in [1.807, 2.05) is 7.05 Å². The Balaban J connectivity index is 0.00000196. The van der Waals surface area contributed by atoms with E-state index >= 15 is 0 Å². The molecule has 2 unspecified atom stereocenters. The average molecular weight is 382 g/mol. The van der Waals surface area contributed by atoms with Crippen molar-refractivity contribution in [3.63, 3.8) is 0 Å². The first kappa shape index (κ1) is 18.8. The summed E-state index contributed by atoms with van der Waals surface area (Å²) >= 11 is 0. The van der Waals surface area contributed by atoms with E-state index in [1.165, 1.54) is 11.0 Å². The molecule has 7 nitrogen and oxygen atoms in total. The fourth-order valence-electron chi connectivity index (χ4n) is 3.42. The maximum absolute atomic E-state index is 14.0. The topological polar surface area (TPSA) is 74.5 Å². The lowest BCUT2D eigenvalue weighted by Crippen LogP contribution is -2.44. The third kappa shape index (κ3) is 3.44. The summed E-state index contributed by atoms with van der Waals surface area (Å²) in [6, 6.07) is 6.35. The quantitative estimate of drug-likeness (QED) is 0.872. The van der Waals surface area contributed by atoms with Crippen molar-refractivity contribution in [1.29, 1.82) is 0 Å². The molecule has 1 amide bonds. The lowest BCUT2D eigenvalue weighted by molar-refractivity contribution is -0.117. The summed E-state index contributed by atoms with van der Waals surface area (Å²) in [5.74, 6) is 0.321. The predicted molar refractivity (Wildman–Crippen MR) is 95.9 cm³/mol. The van der Waals surface area contributed by atoms with Gasteiger partial charge in [-0.05, 0) is 19.2 Å². The van der Waals surface area contributed by atoms with E-state index in [2.05, 4.69) is 20.4 Å². The number of amides is 1. The number of halogens is 2. The third-order valence-corrected chi connectivity index (χ3v) is 4.88. The number of carbonyl (C=O) groups is 1. The first-order valence-corrected chi connectivity index (χ1v) is 8.43. The minimum atomic E-state index is -0.405. The Morgan fingerprint density at radius 3 is 2.92 bits per heavy atom. The molecular weight excluding hydrogens is 361 g/mol. The number of likely N-dealkylation sites (N-methyl/N-ethyl adjacent to an activating group) is 1. The van der Waals surface area contributed by atoms with E-state index in [4.69, 9.17) is 4.52 Å². The Bertz CT molecular complexity index is 786. The van der Waals surface area contributed by atoms with Crippen molar-refractivity contribution in [1.82, 2.24) is 20.4 Å². The lowest BCUT2D eigenvalue weighted by atomic mass is 10.1. The summed E-state index contributed by atoms with van der Waals surface area (Å²) in [5.41, 5.74) is 0.297. The Kier molecular flexibility index (Phi) is 5.55. The Morgan fingerprint density at radius 1 is 1.35 bits per heavy atom. The molecule has 1 N–H and O–H groups in total. The van der Waals surface area contributed by atoms with Gasteiger partial charge in [-0.2, -0.15) is 4.98 Å². The van der Waals surface area contributed by atoms with Gasteiger partial charge in [0.2, 0.25) is 11.8 Å². The number of rotatable bonds is 3. The Labute approximate surface area is 156 Å². The molecule has 1 aromatic heterocycles. The number of aromatic nitrogens is 2. The molecule has 9 heteroatoms. The van der Waals surface area contributed by atoms with Gasteiger partial charge in [0.15, 0.2) is 5.82 Å². The zero-order chi connectivity index (χ0) is 17.4. The molecule has 2 aromatic rings. The zero-order valence-electron chi connectivity index (χ0n) is 14.4. The molecule has 2 aliphatic heterocycles. The van der Waals surface area contributed by atoms with Crippen LogP contribution in [0, 0.1) is 5.82 Å². The second-order valence-corrected chi connectivity index (χ2v) is 6.55. The molecular formula is C17H21ClFN5O2. The SMILES string of the molecule is CN1CCNCC1c1noc(C2CC(=O)N(c3ccccc3F)C2)n1.Cl. The second-order valence-electron chi connectivity index (χ2n) is 6.55. The van der Waals surface area contributed by atoms with Gasteiger partial charge >= 0.3 is 0 Å². The van der Waals surface area contributed by atoms with Crippen molar-refractivity contribution in [2.45, 2.75) is 18.4 Å². The van der Waals surface area contributed by atoms with E-state index in [-0.39, 0.29) is 36.7 Å².